The SMILES string of the molecule is CCOC(=O)c1cn(CCn2cnc3ccccc3c2=O)nc1C#N. The van der Waals surface area contributed by atoms with Crippen molar-refractivity contribution in [3.8, 4) is 6.07 Å². The fourth-order valence-corrected chi connectivity index (χ4v) is 2.45. The monoisotopic (exact) mass is 337 g/mol. The van der Waals surface area contributed by atoms with Crippen LogP contribution < -0.4 is 5.56 Å². The van der Waals surface area contributed by atoms with Crippen LogP contribution in [0.5, 0.6) is 0 Å². The van der Waals surface area contributed by atoms with Crippen LogP contribution >= 0.6 is 0 Å². The van der Waals surface area contributed by atoms with Crippen LogP contribution in [0.25, 0.3) is 10.9 Å². The third-order valence-corrected chi connectivity index (χ3v) is 3.66. The van der Waals surface area contributed by atoms with Crippen LogP contribution in [-0.4, -0.2) is 31.9 Å². The minimum absolute atomic E-state index is 0.00225. The van der Waals surface area contributed by atoms with Crippen LogP contribution in [0.4, 0.5) is 0 Å². The number of aryl methyl sites for hydroxylation is 2. The van der Waals surface area contributed by atoms with Gasteiger partial charge >= 0.3 is 5.97 Å². The first-order chi connectivity index (χ1) is 12.1. The lowest BCUT2D eigenvalue weighted by Gasteiger charge is -2.06. The van der Waals surface area contributed by atoms with Gasteiger partial charge in [0.15, 0.2) is 5.69 Å². The number of esters is 1. The van der Waals surface area contributed by atoms with Crippen LogP contribution in [0.2, 0.25) is 0 Å². The molecule has 8 nitrogen and oxygen atoms in total. The third kappa shape index (κ3) is 3.26. The summed E-state index contributed by atoms with van der Waals surface area (Å²) in [6.07, 6.45) is 2.93. The van der Waals surface area contributed by atoms with Gasteiger partial charge in [0.25, 0.3) is 5.56 Å². The molecule has 2 heterocycles. The highest BCUT2D eigenvalue weighted by atomic mass is 16.5. The molecule has 0 N–H and O–H groups in total. The molecule has 2 aromatic heterocycles. The summed E-state index contributed by atoms with van der Waals surface area (Å²) in [6.45, 7) is 2.53. The Hall–Kier alpha value is -3.47. The molecule has 126 valence electrons. The van der Waals surface area contributed by atoms with E-state index in [9.17, 15) is 9.59 Å². The highest BCUT2D eigenvalue weighted by molar-refractivity contribution is 5.91. The van der Waals surface area contributed by atoms with Crippen molar-refractivity contribution in [2.24, 2.45) is 0 Å². The van der Waals surface area contributed by atoms with Gasteiger partial charge in [-0.3, -0.25) is 14.0 Å². The Morgan fingerprint density at radius 2 is 2.12 bits per heavy atom. The first-order valence-electron chi connectivity index (χ1n) is 7.73. The Morgan fingerprint density at radius 1 is 1.32 bits per heavy atom. The maximum absolute atomic E-state index is 12.4. The van der Waals surface area contributed by atoms with Gasteiger partial charge in [0.05, 0.1) is 30.4 Å². The lowest BCUT2D eigenvalue weighted by Crippen LogP contribution is -2.23. The number of carbonyl (C=O) groups excluding carboxylic acids is 1. The topological polar surface area (TPSA) is 103 Å². The van der Waals surface area contributed by atoms with Crippen LogP contribution in [0.1, 0.15) is 23.0 Å². The molecule has 0 bridgehead atoms. The fourth-order valence-electron chi connectivity index (χ4n) is 2.45. The van der Waals surface area contributed by atoms with Crippen molar-refractivity contribution in [1.82, 2.24) is 19.3 Å². The molecule has 3 aromatic rings. The van der Waals surface area contributed by atoms with E-state index in [1.165, 1.54) is 21.8 Å². The summed E-state index contributed by atoms with van der Waals surface area (Å²) in [6, 6.07) is 8.98. The second-order valence-corrected chi connectivity index (χ2v) is 5.25. The molecule has 0 saturated carbocycles. The smallest absolute Gasteiger partial charge is 0.342 e. The zero-order valence-electron chi connectivity index (χ0n) is 13.5. The van der Waals surface area contributed by atoms with Gasteiger partial charge in [-0.25, -0.2) is 9.78 Å². The number of benzene rings is 1. The molecule has 8 heteroatoms. The zero-order chi connectivity index (χ0) is 17.8. The molecule has 0 aliphatic carbocycles. The lowest BCUT2D eigenvalue weighted by atomic mass is 10.2. The summed E-state index contributed by atoms with van der Waals surface area (Å²) in [5.41, 5.74) is 0.610. The zero-order valence-corrected chi connectivity index (χ0v) is 13.5. The van der Waals surface area contributed by atoms with Crippen molar-refractivity contribution >= 4 is 16.9 Å². The van der Waals surface area contributed by atoms with Crippen molar-refractivity contribution in [2.45, 2.75) is 20.0 Å². The Kier molecular flexibility index (Phi) is 4.57. The summed E-state index contributed by atoms with van der Waals surface area (Å²) in [5, 5.41) is 13.7. The molecule has 0 spiro atoms. The number of hydrogen-bond acceptors (Lipinski definition) is 6. The predicted octanol–water partition coefficient (Wildman–Crippen LogP) is 1.34. The number of fused-ring (bicyclic) bond motifs is 1. The van der Waals surface area contributed by atoms with Crippen molar-refractivity contribution < 1.29 is 9.53 Å². The minimum atomic E-state index is -0.588. The molecule has 0 amide bonds. The van der Waals surface area contributed by atoms with Gasteiger partial charge in [0.2, 0.25) is 0 Å². The molecule has 0 aliphatic rings. The van der Waals surface area contributed by atoms with E-state index in [0.717, 1.165) is 0 Å². The lowest BCUT2D eigenvalue weighted by molar-refractivity contribution is 0.0526. The number of aromatic nitrogens is 4. The van der Waals surface area contributed by atoms with Crippen molar-refractivity contribution in [3.05, 3.63) is 58.4 Å². The summed E-state index contributed by atoms with van der Waals surface area (Å²) >= 11 is 0. The molecule has 0 radical (unpaired) electrons. The van der Waals surface area contributed by atoms with Crippen molar-refractivity contribution in [1.29, 1.82) is 5.26 Å². The number of hydrogen-bond donors (Lipinski definition) is 0. The van der Waals surface area contributed by atoms with Crippen molar-refractivity contribution in [2.75, 3.05) is 6.61 Å². The van der Waals surface area contributed by atoms with Crippen LogP contribution in [-0.2, 0) is 17.8 Å². The van der Waals surface area contributed by atoms with E-state index in [-0.39, 0.29) is 23.4 Å². The largest absolute Gasteiger partial charge is 0.462 e. The van der Waals surface area contributed by atoms with Gasteiger partial charge in [0, 0.05) is 12.7 Å². The molecule has 0 saturated heterocycles. The number of ether oxygens (including phenoxy) is 1. The average Bonchev–Trinajstić information content (AvgIpc) is 3.05. The van der Waals surface area contributed by atoms with E-state index >= 15 is 0 Å². The highest BCUT2D eigenvalue weighted by Crippen LogP contribution is 2.09. The standard InChI is InChI=1S/C17H15N5O3/c1-2-25-17(24)13-10-22(20-15(13)9-18)8-7-21-11-19-14-6-4-3-5-12(14)16(21)23/h3-6,10-11H,2,7-8H2,1H3. The summed E-state index contributed by atoms with van der Waals surface area (Å²) in [4.78, 5) is 28.5. The first kappa shape index (κ1) is 16.4. The molecule has 1 aromatic carbocycles. The maximum atomic E-state index is 12.4. The van der Waals surface area contributed by atoms with Gasteiger partial charge in [-0.2, -0.15) is 10.4 Å². The number of para-hydroxylation sites is 1. The second-order valence-electron chi connectivity index (χ2n) is 5.25. The van der Waals surface area contributed by atoms with Gasteiger partial charge < -0.3 is 4.74 Å². The third-order valence-electron chi connectivity index (χ3n) is 3.66. The highest BCUT2D eigenvalue weighted by Gasteiger charge is 2.17. The summed E-state index contributed by atoms with van der Waals surface area (Å²) in [7, 11) is 0. The van der Waals surface area contributed by atoms with E-state index in [1.54, 1.807) is 25.1 Å². The molecule has 0 aliphatic heterocycles. The van der Waals surface area contributed by atoms with Crippen LogP contribution in [0.15, 0.2) is 41.6 Å². The van der Waals surface area contributed by atoms with Crippen LogP contribution in [0, 0.1) is 11.3 Å². The summed E-state index contributed by atoms with van der Waals surface area (Å²) < 4.78 is 7.83. The Balaban J connectivity index is 1.83. The number of nitrogens with zero attached hydrogens (tertiary/aromatic N) is 5. The van der Waals surface area contributed by atoms with Crippen LogP contribution in [0.3, 0.4) is 0 Å². The number of rotatable bonds is 5. The maximum Gasteiger partial charge on any atom is 0.342 e. The molecular formula is C17H15N5O3. The predicted molar refractivity (Wildman–Crippen MR) is 88.9 cm³/mol. The van der Waals surface area contributed by atoms with E-state index < -0.39 is 5.97 Å². The van der Waals surface area contributed by atoms with E-state index in [1.807, 2.05) is 12.1 Å². The Labute approximate surface area is 142 Å². The average molecular weight is 337 g/mol. The molecule has 3 rings (SSSR count). The van der Waals surface area contributed by atoms with Crippen molar-refractivity contribution in [3.63, 3.8) is 0 Å². The van der Waals surface area contributed by atoms with Gasteiger partial charge in [0.1, 0.15) is 11.6 Å². The fraction of sp³-hybridized carbons (Fsp3) is 0.235. The van der Waals surface area contributed by atoms with E-state index in [4.69, 9.17) is 10.00 Å². The number of nitriles is 1. The molecule has 0 atom stereocenters. The molecule has 0 unspecified atom stereocenters. The Morgan fingerprint density at radius 3 is 2.88 bits per heavy atom. The molecular weight excluding hydrogens is 322 g/mol. The minimum Gasteiger partial charge on any atom is -0.462 e. The number of carbonyl (C=O) groups is 1. The normalized spacial score (nSPS) is 10.6. The Bertz CT molecular complexity index is 1030. The van der Waals surface area contributed by atoms with Gasteiger partial charge in [-0.15, -0.1) is 0 Å². The quantitative estimate of drug-likeness (QED) is 0.651. The molecule has 25 heavy (non-hydrogen) atoms. The van der Waals surface area contributed by atoms with Gasteiger partial charge in [-0.1, -0.05) is 12.1 Å². The van der Waals surface area contributed by atoms with Gasteiger partial charge in [-0.05, 0) is 19.1 Å². The van der Waals surface area contributed by atoms with E-state index in [0.29, 0.717) is 24.0 Å². The second kappa shape index (κ2) is 6.97. The van der Waals surface area contributed by atoms with E-state index in [2.05, 4.69) is 10.1 Å². The molecule has 0 fully saturated rings. The summed E-state index contributed by atoms with van der Waals surface area (Å²) in [5.74, 6) is -0.588. The first-order valence-corrected chi connectivity index (χ1v) is 7.73.